The minimum Gasteiger partial charge on any atom is -0.378 e. The average molecular weight is 578 g/mol. The lowest BCUT2D eigenvalue weighted by atomic mass is 10.0. The summed E-state index contributed by atoms with van der Waals surface area (Å²) in [6.45, 7) is 0.236. The van der Waals surface area contributed by atoms with Gasteiger partial charge >= 0.3 is 0 Å². The lowest BCUT2D eigenvalue weighted by molar-refractivity contribution is -0.177. The van der Waals surface area contributed by atoms with Gasteiger partial charge in [0.25, 0.3) is 11.8 Å². The van der Waals surface area contributed by atoms with Gasteiger partial charge in [-0.15, -0.1) is 0 Å². The van der Waals surface area contributed by atoms with Gasteiger partial charge in [-0.05, 0) is 43.0 Å². The van der Waals surface area contributed by atoms with Crippen LogP contribution in [0.3, 0.4) is 0 Å². The van der Waals surface area contributed by atoms with Crippen LogP contribution in [-0.4, -0.2) is 91.1 Å². The second kappa shape index (κ2) is 12.7. The molecular formula is C30H35N5O7. The number of hydrogen-bond acceptors (Lipinski definition) is 8. The number of rotatable bonds is 8. The Hall–Kier alpha value is -4.29. The molecule has 222 valence electrons. The standard InChI is InChI=1S/C30H35N5O7/c1-33(2)21-11-6-10-20(16-21)27(38)31-22-13-14-25(37)34-15-7-12-23(35(34)29(22)40)28(39)32-26-24(36)18-42-30(26)41-17-19-8-4-3-5-9-19/h3-6,8-11,16,22-23,26,30H,7,12-15,17-18H2,1-2H3,(H,31,38)(H,32,39)/t22-,23-,26+,30?/m0/s1. The number of anilines is 1. The van der Waals surface area contributed by atoms with Crippen LogP contribution in [0.5, 0.6) is 0 Å². The van der Waals surface area contributed by atoms with Crippen LogP contribution in [0.15, 0.2) is 54.6 Å². The van der Waals surface area contributed by atoms with Gasteiger partial charge in [0.2, 0.25) is 11.8 Å². The van der Waals surface area contributed by atoms with Crippen molar-refractivity contribution in [1.82, 2.24) is 20.7 Å². The predicted octanol–water partition coefficient (Wildman–Crippen LogP) is 1.01. The number of benzene rings is 2. The second-order valence-electron chi connectivity index (χ2n) is 10.8. The molecule has 3 aliphatic heterocycles. The Morgan fingerprint density at radius 3 is 2.57 bits per heavy atom. The normalized spacial score (nSPS) is 24.2. The van der Waals surface area contributed by atoms with E-state index < -0.39 is 42.1 Å². The Labute approximate surface area is 243 Å². The summed E-state index contributed by atoms with van der Waals surface area (Å²) in [5.74, 6) is -2.26. The molecule has 2 aromatic rings. The van der Waals surface area contributed by atoms with Gasteiger partial charge in [0.05, 0.1) is 6.61 Å². The molecule has 3 aliphatic rings. The van der Waals surface area contributed by atoms with Gasteiger partial charge < -0.3 is 25.0 Å². The number of ether oxygens (including phenoxy) is 2. The molecule has 12 heteroatoms. The molecular weight excluding hydrogens is 542 g/mol. The lowest BCUT2D eigenvalue weighted by Crippen LogP contribution is -2.65. The molecule has 1 unspecified atom stereocenters. The molecule has 3 saturated heterocycles. The Morgan fingerprint density at radius 1 is 1.02 bits per heavy atom. The molecule has 0 radical (unpaired) electrons. The highest BCUT2D eigenvalue weighted by Crippen LogP contribution is 2.26. The summed E-state index contributed by atoms with van der Waals surface area (Å²) < 4.78 is 11.3. The van der Waals surface area contributed by atoms with E-state index in [2.05, 4.69) is 10.6 Å². The largest absolute Gasteiger partial charge is 0.378 e. The minimum absolute atomic E-state index is 0.0314. The first-order valence-electron chi connectivity index (χ1n) is 14.0. The predicted molar refractivity (Wildman–Crippen MR) is 151 cm³/mol. The van der Waals surface area contributed by atoms with Crippen molar-refractivity contribution in [3.05, 3.63) is 65.7 Å². The van der Waals surface area contributed by atoms with Crippen LogP contribution in [0.2, 0.25) is 0 Å². The van der Waals surface area contributed by atoms with E-state index in [1.165, 1.54) is 5.01 Å². The number of carbonyl (C=O) groups is 5. The number of carbonyl (C=O) groups excluding carboxylic acids is 5. The zero-order chi connectivity index (χ0) is 29.8. The number of nitrogens with one attached hydrogen (secondary N) is 2. The average Bonchev–Trinajstić information content (AvgIpc) is 3.30. The number of hydrazine groups is 1. The van der Waals surface area contributed by atoms with E-state index in [4.69, 9.17) is 9.47 Å². The van der Waals surface area contributed by atoms with Crippen molar-refractivity contribution in [3.63, 3.8) is 0 Å². The highest BCUT2D eigenvalue weighted by atomic mass is 16.7. The Balaban J connectivity index is 1.30. The van der Waals surface area contributed by atoms with Gasteiger partial charge in [-0.25, -0.2) is 5.01 Å². The molecule has 4 amide bonds. The third kappa shape index (κ3) is 6.29. The molecule has 42 heavy (non-hydrogen) atoms. The number of amides is 4. The molecule has 5 rings (SSSR count). The van der Waals surface area contributed by atoms with Crippen LogP contribution in [0, 0.1) is 0 Å². The van der Waals surface area contributed by atoms with Gasteiger partial charge in [0.15, 0.2) is 12.1 Å². The zero-order valence-corrected chi connectivity index (χ0v) is 23.7. The summed E-state index contributed by atoms with van der Waals surface area (Å²) in [5.41, 5.74) is 2.07. The summed E-state index contributed by atoms with van der Waals surface area (Å²) in [5, 5.41) is 7.94. The quantitative estimate of drug-likeness (QED) is 0.474. The highest BCUT2D eigenvalue weighted by molar-refractivity contribution is 6.00. The van der Waals surface area contributed by atoms with Crippen molar-refractivity contribution >= 4 is 35.1 Å². The maximum absolute atomic E-state index is 13.8. The van der Waals surface area contributed by atoms with Crippen molar-refractivity contribution in [2.45, 2.75) is 56.7 Å². The lowest BCUT2D eigenvalue weighted by Gasteiger charge is -2.43. The Bertz CT molecular complexity index is 1350. The minimum atomic E-state index is -1.06. The second-order valence-corrected chi connectivity index (χ2v) is 10.8. The first-order valence-corrected chi connectivity index (χ1v) is 14.0. The van der Waals surface area contributed by atoms with E-state index in [1.54, 1.807) is 18.2 Å². The van der Waals surface area contributed by atoms with Gasteiger partial charge in [-0.3, -0.25) is 29.0 Å². The Kier molecular flexibility index (Phi) is 8.83. The van der Waals surface area contributed by atoms with Gasteiger partial charge in [0, 0.05) is 38.3 Å². The molecule has 2 N–H and O–H groups in total. The third-order valence-electron chi connectivity index (χ3n) is 7.66. The number of fused-ring (bicyclic) bond motifs is 1. The van der Waals surface area contributed by atoms with Gasteiger partial charge in [-0.1, -0.05) is 36.4 Å². The van der Waals surface area contributed by atoms with Crippen molar-refractivity contribution < 1.29 is 33.4 Å². The van der Waals surface area contributed by atoms with Crippen molar-refractivity contribution in [2.75, 3.05) is 32.1 Å². The first kappa shape index (κ1) is 29.2. The first-order chi connectivity index (χ1) is 20.2. The molecule has 0 aliphatic carbocycles. The molecule has 0 saturated carbocycles. The van der Waals surface area contributed by atoms with E-state index >= 15 is 0 Å². The molecule has 4 atom stereocenters. The number of ketones is 1. The number of nitrogens with zero attached hydrogens (tertiary/aromatic N) is 3. The molecule has 12 nitrogen and oxygen atoms in total. The topological polar surface area (TPSA) is 138 Å². The SMILES string of the molecule is CN(C)c1cccc(C(=O)N[C@H]2CCC(=O)N3CCC[C@@H](C(=O)N[C@@H]4C(=O)COC4OCc4ccccc4)N3C2=O)c1. The van der Waals surface area contributed by atoms with E-state index in [9.17, 15) is 24.0 Å². The summed E-state index contributed by atoms with van der Waals surface area (Å²) in [6.07, 6.45) is -0.0887. The smallest absolute Gasteiger partial charge is 0.264 e. The fourth-order valence-electron chi connectivity index (χ4n) is 5.37. The monoisotopic (exact) mass is 577 g/mol. The van der Waals surface area contributed by atoms with Crippen LogP contribution >= 0.6 is 0 Å². The fourth-order valence-corrected chi connectivity index (χ4v) is 5.37. The maximum atomic E-state index is 13.8. The Morgan fingerprint density at radius 2 is 1.81 bits per heavy atom. The maximum Gasteiger partial charge on any atom is 0.264 e. The summed E-state index contributed by atoms with van der Waals surface area (Å²) >= 11 is 0. The van der Waals surface area contributed by atoms with Crippen LogP contribution in [-0.2, 0) is 35.3 Å². The van der Waals surface area contributed by atoms with Crippen molar-refractivity contribution in [2.24, 2.45) is 0 Å². The summed E-state index contributed by atoms with van der Waals surface area (Å²) in [6, 6.07) is 13.2. The molecule has 3 fully saturated rings. The fraction of sp³-hybridized carbons (Fsp3) is 0.433. The molecule has 3 heterocycles. The van der Waals surface area contributed by atoms with Crippen molar-refractivity contribution in [1.29, 1.82) is 0 Å². The van der Waals surface area contributed by atoms with E-state index in [-0.39, 0.29) is 50.7 Å². The van der Waals surface area contributed by atoms with Gasteiger partial charge in [-0.2, -0.15) is 0 Å². The van der Waals surface area contributed by atoms with Crippen LogP contribution in [0.25, 0.3) is 0 Å². The molecule has 0 bridgehead atoms. The number of hydrogen-bond donors (Lipinski definition) is 2. The highest BCUT2D eigenvalue weighted by Gasteiger charge is 2.46. The van der Waals surface area contributed by atoms with Crippen LogP contribution < -0.4 is 15.5 Å². The third-order valence-corrected chi connectivity index (χ3v) is 7.66. The molecule has 2 aromatic carbocycles. The summed E-state index contributed by atoms with van der Waals surface area (Å²) in [7, 11) is 3.72. The zero-order valence-electron chi connectivity index (χ0n) is 23.7. The molecule has 0 spiro atoms. The van der Waals surface area contributed by atoms with E-state index in [0.717, 1.165) is 16.3 Å². The van der Waals surface area contributed by atoms with Crippen molar-refractivity contribution in [3.8, 4) is 0 Å². The van der Waals surface area contributed by atoms with E-state index in [1.807, 2.05) is 55.4 Å². The van der Waals surface area contributed by atoms with Gasteiger partial charge in [0.1, 0.15) is 24.7 Å². The summed E-state index contributed by atoms with van der Waals surface area (Å²) in [4.78, 5) is 68.1. The van der Waals surface area contributed by atoms with Crippen LogP contribution in [0.4, 0.5) is 5.69 Å². The van der Waals surface area contributed by atoms with Crippen LogP contribution in [0.1, 0.15) is 41.6 Å². The van der Waals surface area contributed by atoms with E-state index in [0.29, 0.717) is 12.0 Å². The molecule has 0 aromatic heterocycles. The number of Topliss-reactive ketones (excluding diaryl/α,β-unsaturated/α-hetero) is 1.